The van der Waals surface area contributed by atoms with Crippen LogP contribution in [0.15, 0.2) is 54.6 Å². The highest BCUT2D eigenvalue weighted by molar-refractivity contribution is 5.95. The van der Waals surface area contributed by atoms with Crippen LogP contribution >= 0.6 is 0 Å². The van der Waals surface area contributed by atoms with Crippen molar-refractivity contribution in [1.82, 2.24) is 16.2 Å². The average molecular weight is 399 g/mol. The molecule has 0 aliphatic heterocycles. The van der Waals surface area contributed by atoms with E-state index in [-0.39, 0.29) is 18.7 Å². The smallest absolute Gasteiger partial charge is 0.269 e. The Morgan fingerprint density at radius 1 is 0.828 bits per heavy atom. The van der Waals surface area contributed by atoms with Crippen LogP contribution in [0.2, 0.25) is 0 Å². The highest BCUT2D eigenvalue weighted by atomic mass is 16.5. The molecule has 2 aromatic carbocycles. The lowest BCUT2D eigenvalue weighted by Gasteiger charge is -2.09. The highest BCUT2D eigenvalue weighted by Crippen LogP contribution is 2.11. The van der Waals surface area contributed by atoms with E-state index in [9.17, 15) is 14.4 Å². The van der Waals surface area contributed by atoms with Crippen molar-refractivity contribution >= 4 is 17.7 Å². The Hall–Kier alpha value is -3.39. The summed E-state index contributed by atoms with van der Waals surface area (Å²) < 4.78 is 10.3. The van der Waals surface area contributed by atoms with Gasteiger partial charge in [-0.05, 0) is 29.8 Å². The lowest BCUT2D eigenvalue weighted by Crippen LogP contribution is -2.42. The van der Waals surface area contributed by atoms with E-state index >= 15 is 0 Å². The van der Waals surface area contributed by atoms with E-state index in [1.165, 1.54) is 0 Å². The summed E-state index contributed by atoms with van der Waals surface area (Å²) in [5.74, 6) is -0.536. The second kappa shape index (κ2) is 12.1. The number of rotatable bonds is 10. The average Bonchev–Trinajstić information content (AvgIpc) is 2.76. The van der Waals surface area contributed by atoms with Crippen molar-refractivity contribution in [3.8, 4) is 5.75 Å². The first-order valence-corrected chi connectivity index (χ1v) is 9.20. The lowest BCUT2D eigenvalue weighted by atomic mass is 10.2. The predicted octanol–water partition coefficient (Wildman–Crippen LogP) is 1.57. The van der Waals surface area contributed by atoms with Crippen LogP contribution in [0.1, 0.15) is 28.8 Å². The molecule has 2 aromatic rings. The summed E-state index contributed by atoms with van der Waals surface area (Å²) >= 11 is 0. The SMILES string of the molecule is COCCOc1ccc(C(=O)NNC(=O)CCC(=O)NCc2ccccc2)cc1. The minimum Gasteiger partial charge on any atom is -0.491 e. The van der Waals surface area contributed by atoms with Crippen LogP contribution in [0, 0.1) is 0 Å². The van der Waals surface area contributed by atoms with Gasteiger partial charge in [0.05, 0.1) is 6.61 Å². The molecule has 0 unspecified atom stereocenters. The third kappa shape index (κ3) is 8.44. The molecule has 3 N–H and O–H groups in total. The van der Waals surface area contributed by atoms with Gasteiger partial charge < -0.3 is 14.8 Å². The molecule has 154 valence electrons. The first-order valence-electron chi connectivity index (χ1n) is 9.20. The van der Waals surface area contributed by atoms with Crippen LogP contribution in [0.25, 0.3) is 0 Å². The number of amides is 3. The van der Waals surface area contributed by atoms with Crippen molar-refractivity contribution in [3.05, 3.63) is 65.7 Å². The fourth-order valence-corrected chi connectivity index (χ4v) is 2.32. The van der Waals surface area contributed by atoms with Gasteiger partial charge in [0, 0.05) is 32.1 Å². The van der Waals surface area contributed by atoms with Gasteiger partial charge in [0.25, 0.3) is 5.91 Å². The Morgan fingerprint density at radius 3 is 2.21 bits per heavy atom. The summed E-state index contributed by atoms with van der Waals surface area (Å²) in [4.78, 5) is 35.7. The molecule has 2 rings (SSSR count). The molecular formula is C21H25N3O5. The van der Waals surface area contributed by atoms with Gasteiger partial charge in [-0.25, -0.2) is 0 Å². The normalized spacial score (nSPS) is 10.1. The molecule has 29 heavy (non-hydrogen) atoms. The zero-order chi connectivity index (χ0) is 20.9. The Kier molecular flexibility index (Phi) is 9.17. The van der Waals surface area contributed by atoms with Crippen molar-refractivity contribution in [1.29, 1.82) is 0 Å². The van der Waals surface area contributed by atoms with Crippen molar-refractivity contribution in [2.24, 2.45) is 0 Å². The van der Waals surface area contributed by atoms with Gasteiger partial charge in [0.2, 0.25) is 11.8 Å². The number of carbonyl (C=O) groups is 3. The fourth-order valence-electron chi connectivity index (χ4n) is 2.32. The first-order chi connectivity index (χ1) is 14.1. The van der Waals surface area contributed by atoms with E-state index in [4.69, 9.17) is 9.47 Å². The van der Waals surface area contributed by atoms with Crippen LogP contribution < -0.4 is 20.9 Å². The van der Waals surface area contributed by atoms with Crippen LogP contribution in [0.3, 0.4) is 0 Å². The summed E-state index contributed by atoms with van der Waals surface area (Å²) in [7, 11) is 1.59. The molecule has 0 radical (unpaired) electrons. The van der Waals surface area contributed by atoms with E-state index in [0.29, 0.717) is 31.1 Å². The summed E-state index contributed by atoms with van der Waals surface area (Å²) in [5.41, 5.74) is 5.97. The maximum Gasteiger partial charge on any atom is 0.269 e. The molecule has 0 spiro atoms. The third-order valence-electron chi connectivity index (χ3n) is 3.90. The molecule has 3 amide bonds. The number of carbonyl (C=O) groups excluding carboxylic acids is 3. The monoisotopic (exact) mass is 399 g/mol. The van der Waals surface area contributed by atoms with E-state index in [0.717, 1.165) is 5.56 Å². The topological polar surface area (TPSA) is 106 Å². The van der Waals surface area contributed by atoms with Gasteiger partial charge in [-0.1, -0.05) is 30.3 Å². The van der Waals surface area contributed by atoms with Gasteiger partial charge in [-0.2, -0.15) is 0 Å². The molecule has 0 aliphatic rings. The van der Waals surface area contributed by atoms with E-state index in [2.05, 4.69) is 16.2 Å². The van der Waals surface area contributed by atoms with Crippen LogP contribution in [-0.2, 0) is 20.9 Å². The van der Waals surface area contributed by atoms with Crippen molar-refractivity contribution in [2.75, 3.05) is 20.3 Å². The minimum atomic E-state index is -0.463. The molecule has 0 fully saturated rings. The summed E-state index contributed by atoms with van der Waals surface area (Å²) in [6, 6.07) is 16.0. The summed E-state index contributed by atoms with van der Waals surface area (Å²) in [6.45, 7) is 1.29. The number of nitrogens with one attached hydrogen (secondary N) is 3. The van der Waals surface area contributed by atoms with E-state index in [1.807, 2.05) is 30.3 Å². The highest BCUT2D eigenvalue weighted by Gasteiger charge is 2.10. The first kappa shape index (κ1) is 21.9. The predicted molar refractivity (Wildman–Crippen MR) is 107 cm³/mol. The van der Waals surface area contributed by atoms with Gasteiger partial charge in [0.15, 0.2) is 0 Å². The zero-order valence-electron chi connectivity index (χ0n) is 16.3. The lowest BCUT2D eigenvalue weighted by molar-refractivity contribution is -0.126. The van der Waals surface area contributed by atoms with Gasteiger partial charge >= 0.3 is 0 Å². The largest absolute Gasteiger partial charge is 0.491 e. The molecule has 0 atom stereocenters. The molecule has 8 nitrogen and oxygen atoms in total. The number of ether oxygens (including phenoxy) is 2. The van der Waals surface area contributed by atoms with Gasteiger partial charge in [0.1, 0.15) is 12.4 Å². The Labute approximate surface area is 169 Å². The molecule has 0 saturated heterocycles. The van der Waals surface area contributed by atoms with E-state index in [1.54, 1.807) is 31.4 Å². The number of benzene rings is 2. The molecular weight excluding hydrogens is 374 g/mol. The third-order valence-corrected chi connectivity index (χ3v) is 3.90. The van der Waals surface area contributed by atoms with Crippen molar-refractivity contribution in [2.45, 2.75) is 19.4 Å². The standard InChI is InChI=1S/C21H25N3O5/c1-28-13-14-29-18-9-7-17(8-10-18)21(27)24-23-20(26)12-11-19(25)22-15-16-5-3-2-4-6-16/h2-10H,11-15H2,1H3,(H,22,25)(H,23,26)(H,24,27). The second-order valence-corrected chi connectivity index (χ2v) is 6.13. The van der Waals surface area contributed by atoms with Crippen molar-refractivity contribution < 1.29 is 23.9 Å². The summed E-state index contributed by atoms with van der Waals surface area (Å²) in [5, 5.41) is 2.74. The summed E-state index contributed by atoms with van der Waals surface area (Å²) in [6.07, 6.45) is -0.00473. The molecule has 0 aromatic heterocycles. The number of methoxy groups -OCH3 is 1. The van der Waals surface area contributed by atoms with Crippen molar-refractivity contribution in [3.63, 3.8) is 0 Å². The Bertz CT molecular complexity index is 794. The number of hydrogen-bond acceptors (Lipinski definition) is 5. The quantitative estimate of drug-likeness (QED) is 0.415. The maximum absolute atomic E-state index is 12.1. The van der Waals surface area contributed by atoms with Gasteiger partial charge in [-0.3, -0.25) is 25.2 Å². The molecule has 0 bridgehead atoms. The number of hydrazine groups is 1. The minimum absolute atomic E-state index is 0.0298. The maximum atomic E-state index is 12.1. The van der Waals surface area contributed by atoms with E-state index < -0.39 is 11.8 Å². The number of hydrogen-bond donors (Lipinski definition) is 3. The van der Waals surface area contributed by atoms with Crippen LogP contribution in [0.4, 0.5) is 0 Å². The fraction of sp³-hybridized carbons (Fsp3) is 0.286. The van der Waals surface area contributed by atoms with Crippen LogP contribution in [-0.4, -0.2) is 38.0 Å². The molecule has 0 aliphatic carbocycles. The van der Waals surface area contributed by atoms with Crippen LogP contribution in [0.5, 0.6) is 5.75 Å². The molecule has 8 heteroatoms. The zero-order valence-corrected chi connectivity index (χ0v) is 16.3. The Balaban J connectivity index is 1.65. The van der Waals surface area contributed by atoms with Gasteiger partial charge in [-0.15, -0.1) is 0 Å². The molecule has 0 heterocycles. The Morgan fingerprint density at radius 2 is 1.52 bits per heavy atom. The molecule has 0 saturated carbocycles. The second-order valence-electron chi connectivity index (χ2n) is 6.13.